The maximum Gasteiger partial charge on any atom is 0.341 e. The minimum absolute atomic E-state index is 0.0625. The Kier molecular flexibility index (Phi) is 7.15. The van der Waals surface area contributed by atoms with Gasteiger partial charge in [0, 0.05) is 30.4 Å². The van der Waals surface area contributed by atoms with Crippen molar-refractivity contribution in [3.8, 4) is 0 Å². The van der Waals surface area contributed by atoms with Gasteiger partial charge >= 0.3 is 5.97 Å². The van der Waals surface area contributed by atoms with Crippen LogP contribution in [0.4, 0.5) is 25.8 Å². The zero-order chi connectivity index (χ0) is 21.6. The number of carbonyl (C=O) groups is 2. The van der Waals surface area contributed by atoms with Crippen molar-refractivity contribution in [2.75, 3.05) is 23.8 Å². The first-order chi connectivity index (χ1) is 13.7. The summed E-state index contributed by atoms with van der Waals surface area (Å²) in [6, 6.07) is 5.83. The number of nitro groups is 1. The molecule has 2 rings (SSSR count). The van der Waals surface area contributed by atoms with Gasteiger partial charge in [0.25, 0.3) is 11.6 Å². The summed E-state index contributed by atoms with van der Waals surface area (Å²) in [5.41, 5.74) is -0.897. The summed E-state index contributed by atoms with van der Waals surface area (Å²) in [4.78, 5) is 34.8. The number of nitrogens with zero attached hydrogens (tertiary/aromatic N) is 1. The van der Waals surface area contributed by atoms with E-state index < -0.39 is 40.2 Å². The average molecular weight is 409 g/mol. The molecule has 1 atom stereocenters. The lowest BCUT2D eigenvalue weighted by molar-refractivity contribution is -0.384. The van der Waals surface area contributed by atoms with Gasteiger partial charge in [-0.05, 0) is 25.1 Å². The van der Waals surface area contributed by atoms with E-state index in [1.54, 1.807) is 0 Å². The Labute approximate surface area is 163 Å². The normalized spacial score (nSPS) is 11.4. The summed E-state index contributed by atoms with van der Waals surface area (Å²) in [6.07, 6.45) is -1.42. The highest BCUT2D eigenvalue weighted by molar-refractivity contribution is 6.00. The number of non-ortho nitro benzene ring substituents is 1. The Morgan fingerprint density at radius 1 is 1.21 bits per heavy atom. The molecule has 0 aromatic heterocycles. The third-order valence-electron chi connectivity index (χ3n) is 3.70. The number of carbonyl (C=O) groups excluding carboxylic acids is 2. The quantitative estimate of drug-likeness (QED) is 0.347. The Hall–Kier alpha value is -3.60. The molecule has 0 unspecified atom stereocenters. The Bertz CT molecular complexity index is 938. The minimum atomic E-state index is -1.42. The second kappa shape index (κ2) is 9.55. The SMILES string of the molecule is C[C@@H](OC(=O)c1cc([N+](=O)[O-])ccc1NCCO)C(=O)Nc1cc(F)ccc1F. The predicted molar refractivity (Wildman–Crippen MR) is 98.5 cm³/mol. The number of nitro benzene ring substituents is 1. The number of aliphatic hydroxyl groups is 1. The van der Waals surface area contributed by atoms with Crippen LogP contribution in [-0.4, -0.2) is 41.2 Å². The number of esters is 1. The van der Waals surface area contributed by atoms with Gasteiger partial charge in [0.15, 0.2) is 6.10 Å². The molecule has 11 heteroatoms. The molecule has 2 aromatic rings. The molecule has 0 bridgehead atoms. The smallest absolute Gasteiger partial charge is 0.341 e. The monoisotopic (exact) mass is 409 g/mol. The van der Waals surface area contributed by atoms with Crippen molar-refractivity contribution >= 4 is 28.9 Å². The third kappa shape index (κ3) is 5.69. The Morgan fingerprint density at radius 2 is 1.93 bits per heavy atom. The van der Waals surface area contributed by atoms with Crippen molar-refractivity contribution in [3.05, 3.63) is 63.7 Å². The van der Waals surface area contributed by atoms with Crippen LogP contribution in [0.5, 0.6) is 0 Å². The largest absolute Gasteiger partial charge is 0.449 e. The van der Waals surface area contributed by atoms with Gasteiger partial charge in [0.2, 0.25) is 0 Å². The number of hydrogen-bond donors (Lipinski definition) is 3. The molecule has 0 aliphatic rings. The minimum Gasteiger partial charge on any atom is -0.449 e. The van der Waals surface area contributed by atoms with Crippen molar-refractivity contribution < 1.29 is 33.1 Å². The van der Waals surface area contributed by atoms with Crippen LogP contribution in [0, 0.1) is 21.7 Å². The van der Waals surface area contributed by atoms with Gasteiger partial charge < -0.3 is 20.5 Å². The van der Waals surface area contributed by atoms with Crippen LogP contribution < -0.4 is 10.6 Å². The maximum atomic E-state index is 13.6. The molecule has 0 radical (unpaired) electrons. The van der Waals surface area contributed by atoms with Gasteiger partial charge in [-0.1, -0.05) is 0 Å². The fraction of sp³-hybridized carbons (Fsp3) is 0.222. The molecule has 0 spiro atoms. The van der Waals surface area contributed by atoms with Gasteiger partial charge in [-0.2, -0.15) is 0 Å². The summed E-state index contributed by atoms with van der Waals surface area (Å²) in [7, 11) is 0. The Balaban J connectivity index is 2.17. The van der Waals surface area contributed by atoms with Crippen LogP contribution >= 0.6 is 0 Å². The van der Waals surface area contributed by atoms with E-state index in [1.165, 1.54) is 13.0 Å². The average Bonchev–Trinajstić information content (AvgIpc) is 2.68. The summed E-state index contributed by atoms with van der Waals surface area (Å²) in [5, 5.41) is 24.7. The number of aliphatic hydroxyl groups excluding tert-OH is 1. The molecule has 9 nitrogen and oxygen atoms in total. The predicted octanol–water partition coefficient (Wildman–Crippen LogP) is 2.46. The van der Waals surface area contributed by atoms with Gasteiger partial charge in [0.1, 0.15) is 11.6 Å². The number of amides is 1. The van der Waals surface area contributed by atoms with Crippen molar-refractivity contribution in [1.82, 2.24) is 0 Å². The maximum absolute atomic E-state index is 13.6. The molecule has 0 saturated heterocycles. The summed E-state index contributed by atoms with van der Waals surface area (Å²) in [5.74, 6) is -3.65. The number of halogens is 2. The van der Waals surface area contributed by atoms with Crippen LogP contribution in [0.3, 0.4) is 0 Å². The van der Waals surface area contributed by atoms with E-state index >= 15 is 0 Å². The highest BCUT2D eigenvalue weighted by atomic mass is 19.1. The van der Waals surface area contributed by atoms with Crippen molar-refractivity contribution in [2.24, 2.45) is 0 Å². The van der Waals surface area contributed by atoms with Gasteiger partial charge in [-0.3, -0.25) is 14.9 Å². The van der Waals surface area contributed by atoms with Gasteiger partial charge in [-0.25, -0.2) is 13.6 Å². The van der Waals surface area contributed by atoms with E-state index in [-0.39, 0.29) is 30.1 Å². The molecule has 0 saturated carbocycles. The topological polar surface area (TPSA) is 131 Å². The fourth-order valence-electron chi connectivity index (χ4n) is 2.26. The van der Waals surface area contributed by atoms with Crippen molar-refractivity contribution in [3.63, 3.8) is 0 Å². The second-order valence-corrected chi connectivity index (χ2v) is 5.80. The first-order valence-electron chi connectivity index (χ1n) is 8.33. The lowest BCUT2D eigenvalue weighted by atomic mass is 10.1. The molecule has 0 aliphatic carbocycles. The summed E-state index contributed by atoms with van der Waals surface area (Å²) >= 11 is 0. The molecule has 1 amide bonds. The number of nitrogens with one attached hydrogen (secondary N) is 2. The standard InChI is InChI=1S/C18H17F2N3O6/c1-10(17(25)22-16-8-11(19)2-4-14(16)20)29-18(26)13-9-12(23(27)28)3-5-15(13)21-6-7-24/h2-5,8-10,21,24H,6-7H2,1H3,(H,22,25)/t10-/m1/s1. The van der Waals surface area contributed by atoms with Crippen LogP contribution in [0.25, 0.3) is 0 Å². The van der Waals surface area contributed by atoms with Crippen molar-refractivity contribution in [2.45, 2.75) is 13.0 Å². The zero-order valence-electron chi connectivity index (χ0n) is 15.1. The first kappa shape index (κ1) is 21.7. The molecule has 0 heterocycles. The fourth-order valence-corrected chi connectivity index (χ4v) is 2.26. The van der Waals surface area contributed by atoms with E-state index in [0.29, 0.717) is 0 Å². The second-order valence-electron chi connectivity index (χ2n) is 5.80. The van der Waals surface area contributed by atoms with E-state index in [4.69, 9.17) is 9.84 Å². The number of anilines is 2. The van der Waals surface area contributed by atoms with Crippen LogP contribution in [0.15, 0.2) is 36.4 Å². The first-order valence-corrected chi connectivity index (χ1v) is 8.33. The number of hydrogen-bond acceptors (Lipinski definition) is 7. The summed E-state index contributed by atoms with van der Waals surface area (Å²) < 4.78 is 31.8. The molecule has 3 N–H and O–H groups in total. The van der Waals surface area contributed by atoms with E-state index in [2.05, 4.69) is 10.6 Å². The Morgan fingerprint density at radius 3 is 2.59 bits per heavy atom. The molecule has 0 fully saturated rings. The molecular weight excluding hydrogens is 392 g/mol. The molecule has 2 aromatic carbocycles. The molecule has 154 valence electrons. The summed E-state index contributed by atoms with van der Waals surface area (Å²) in [6.45, 7) is 0.999. The lowest BCUT2D eigenvalue weighted by Crippen LogP contribution is -2.30. The van der Waals surface area contributed by atoms with Gasteiger partial charge in [0.05, 0.1) is 22.8 Å². The third-order valence-corrected chi connectivity index (χ3v) is 3.70. The number of ether oxygens (including phenoxy) is 1. The van der Waals surface area contributed by atoms with E-state index in [1.807, 2.05) is 0 Å². The van der Waals surface area contributed by atoms with E-state index in [9.17, 15) is 28.5 Å². The van der Waals surface area contributed by atoms with Crippen LogP contribution in [0.2, 0.25) is 0 Å². The number of rotatable bonds is 8. The molecule has 29 heavy (non-hydrogen) atoms. The van der Waals surface area contributed by atoms with Crippen LogP contribution in [0.1, 0.15) is 17.3 Å². The highest BCUT2D eigenvalue weighted by Crippen LogP contribution is 2.24. The highest BCUT2D eigenvalue weighted by Gasteiger charge is 2.24. The molecular formula is C18H17F2N3O6. The number of benzene rings is 2. The van der Waals surface area contributed by atoms with Gasteiger partial charge in [-0.15, -0.1) is 0 Å². The van der Waals surface area contributed by atoms with Crippen molar-refractivity contribution in [1.29, 1.82) is 0 Å². The zero-order valence-corrected chi connectivity index (χ0v) is 15.1. The van der Waals surface area contributed by atoms with E-state index in [0.717, 1.165) is 30.3 Å². The molecule has 0 aliphatic heterocycles. The van der Waals surface area contributed by atoms with Crippen LogP contribution in [-0.2, 0) is 9.53 Å². The lowest BCUT2D eigenvalue weighted by Gasteiger charge is -2.16.